The van der Waals surface area contributed by atoms with E-state index in [-0.39, 0.29) is 11.7 Å². The van der Waals surface area contributed by atoms with Crippen molar-refractivity contribution in [2.45, 2.75) is 6.61 Å². The molecule has 0 aliphatic heterocycles. The molecule has 0 saturated carbocycles. The highest BCUT2D eigenvalue weighted by atomic mass is 19.3. The molecule has 0 heterocycles. The Bertz CT molecular complexity index is 729. The number of carbonyl (C=O) groups is 1. The van der Waals surface area contributed by atoms with Gasteiger partial charge in [-0.2, -0.15) is 8.78 Å². The Morgan fingerprint density at radius 1 is 1.12 bits per heavy atom. The van der Waals surface area contributed by atoms with Crippen molar-refractivity contribution < 1.29 is 18.3 Å². The van der Waals surface area contributed by atoms with Crippen LogP contribution < -0.4 is 10.1 Å². The molecule has 0 atom stereocenters. The van der Waals surface area contributed by atoms with E-state index in [1.165, 1.54) is 12.1 Å². The smallest absolute Gasteiger partial charge is 0.387 e. The molecule has 26 heavy (non-hydrogen) atoms. The summed E-state index contributed by atoms with van der Waals surface area (Å²) in [5.74, 6) is -0.111. The van der Waals surface area contributed by atoms with Gasteiger partial charge in [-0.3, -0.25) is 4.79 Å². The first kappa shape index (κ1) is 19.6. The van der Waals surface area contributed by atoms with Crippen LogP contribution in [-0.4, -0.2) is 44.6 Å². The number of ether oxygens (including phenoxy) is 1. The monoisotopic (exact) mass is 360 g/mol. The van der Waals surface area contributed by atoms with E-state index in [1.807, 2.05) is 49.3 Å². The van der Waals surface area contributed by atoms with Gasteiger partial charge in [0, 0.05) is 18.7 Å². The molecule has 2 rings (SSSR count). The lowest BCUT2D eigenvalue weighted by atomic mass is 10.0. The van der Waals surface area contributed by atoms with Gasteiger partial charge < -0.3 is 15.0 Å². The predicted molar refractivity (Wildman–Crippen MR) is 99.0 cm³/mol. The number of nitrogens with one attached hydrogen (secondary N) is 1. The first-order chi connectivity index (χ1) is 12.5. The number of amides is 1. The van der Waals surface area contributed by atoms with Crippen LogP contribution in [-0.2, 0) is 4.79 Å². The van der Waals surface area contributed by atoms with Crippen LogP contribution in [0.4, 0.5) is 8.78 Å². The highest BCUT2D eigenvalue weighted by Crippen LogP contribution is 2.21. The second-order valence-corrected chi connectivity index (χ2v) is 5.93. The van der Waals surface area contributed by atoms with Gasteiger partial charge in [-0.25, -0.2) is 0 Å². The van der Waals surface area contributed by atoms with E-state index in [4.69, 9.17) is 0 Å². The maximum Gasteiger partial charge on any atom is 0.387 e. The third-order valence-corrected chi connectivity index (χ3v) is 3.59. The van der Waals surface area contributed by atoms with Crippen molar-refractivity contribution in [1.82, 2.24) is 10.2 Å². The van der Waals surface area contributed by atoms with E-state index in [1.54, 1.807) is 18.2 Å². The molecule has 0 bridgehead atoms. The Morgan fingerprint density at radius 2 is 1.77 bits per heavy atom. The van der Waals surface area contributed by atoms with Gasteiger partial charge in [-0.1, -0.05) is 42.5 Å². The first-order valence-electron chi connectivity index (χ1n) is 8.20. The summed E-state index contributed by atoms with van der Waals surface area (Å²) in [4.78, 5) is 14.6. The van der Waals surface area contributed by atoms with Gasteiger partial charge in [-0.15, -0.1) is 0 Å². The second kappa shape index (κ2) is 9.68. The van der Waals surface area contributed by atoms with Crippen molar-refractivity contribution in [3.63, 3.8) is 0 Å². The summed E-state index contributed by atoms with van der Waals surface area (Å²) in [6, 6.07) is 15.5. The van der Waals surface area contributed by atoms with Crippen molar-refractivity contribution in [3.8, 4) is 5.75 Å². The van der Waals surface area contributed by atoms with Crippen LogP contribution >= 0.6 is 0 Å². The standard InChI is InChI=1S/C20H22F2N2O2/c1-24(2)13-12-23-19(25)18(16-6-4-3-5-7-16)14-15-8-10-17(11-9-15)26-20(21)22/h3-11,14,20H,12-13H2,1-2H3,(H,23,25). The fourth-order valence-corrected chi connectivity index (χ4v) is 2.30. The van der Waals surface area contributed by atoms with E-state index < -0.39 is 6.61 Å². The molecule has 0 aliphatic rings. The number of halogens is 2. The number of rotatable bonds is 8. The molecule has 0 spiro atoms. The highest BCUT2D eigenvalue weighted by molar-refractivity contribution is 6.24. The van der Waals surface area contributed by atoms with Crippen molar-refractivity contribution in [2.24, 2.45) is 0 Å². The molecule has 2 aromatic carbocycles. The Kier molecular flexibility index (Phi) is 7.29. The third-order valence-electron chi connectivity index (χ3n) is 3.59. The fraction of sp³-hybridized carbons (Fsp3) is 0.250. The Balaban J connectivity index is 2.22. The zero-order valence-corrected chi connectivity index (χ0v) is 14.8. The largest absolute Gasteiger partial charge is 0.435 e. The molecule has 0 unspecified atom stereocenters. The number of hydrogen-bond acceptors (Lipinski definition) is 3. The van der Waals surface area contributed by atoms with Gasteiger partial charge in [0.05, 0.1) is 0 Å². The van der Waals surface area contributed by atoms with Crippen LogP contribution in [0.15, 0.2) is 54.6 Å². The molecule has 138 valence electrons. The average molecular weight is 360 g/mol. The summed E-state index contributed by atoms with van der Waals surface area (Å²) < 4.78 is 28.8. The van der Waals surface area contributed by atoms with Crippen LogP contribution in [0.3, 0.4) is 0 Å². The minimum Gasteiger partial charge on any atom is -0.435 e. The Labute approximate surface area is 152 Å². The fourth-order valence-electron chi connectivity index (χ4n) is 2.30. The minimum atomic E-state index is -2.86. The first-order valence-corrected chi connectivity index (χ1v) is 8.20. The summed E-state index contributed by atoms with van der Waals surface area (Å²) in [7, 11) is 3.87. The van der Waals surface area contributed by atoms with E-state index in [0.717, 1.165) is 12.1 Å². The normalized spacial score (nSPS) is 11.7. The van der Waals surface area contributed by atoms with Gasteiger partial charge in [0.2, 0.25) is 0 Å². The molecule has 2 aromatic rings. The van der Waals surface area contributed by atoms with Gasteiger partial charge in [0.25, 0.3) is 5.91 Å². The van der Waals surface area contributed by atoms with E-state index in [2.05, 4.69) is 10.1 Å². The topological polar surface area (TPSA) is 41.6 Å². The van der Waals surface area contributed by atoms with Crippen molar-refractivity contribution >= 4 is 17.6 Å². The zero-order valence-electron chi connectivity index (χ0n) is 14.8. The van der Waals surface area contributed by atoms with Crippen LogP contribution in [0, 0.1) is 0 Å². The van der Waals surface area contributed by atoms with Crippen LogP contribution in [0.5, 0.6) is 5.75 Å². The third kappa shape index (κ3) is 6.29. The molecule has 1 N–H and O–H groups in total. The van der Waals surface area contributed by atoms with Gasteiger partial charge in [0.15, 0.2) is 0 Å². The minimum absolute atomic E-state index is 0.0776. The quantitative estimate of drug-likeness (QED) is 0.579. The molecule has 0 aliphatic carbocycles. The predicted octanol–water partition coefficient (Wildman–Crippen LogP) is 3.51. The molecule has 6 heteroatoms. The van der Waals surface area contributed by atoms with Gasteiger partial charge in [-0.05, 0) is 43.4 Å². The van der Waals surface area contributed by atoms with Crippen LogP contribution in [0.1, 0.15) is 11.1 Å². The van der Waals surface area contributed by atoms with Gasteiger partial charge >= 0.3 is 6.61 Å². The number of nitrogens with zero attached hydrogens (tertiary/aromatic N) is 1. The maximum atomic E-state index is 12.6. The van der Waals surface area contributed by atoms with Crippen molar-refractivity contribution in [2.75, 3.05) is 27.2 Å². The maximum absolute atomic E-state index is 12.6. The number of carbonyl (C=O) groups excluding carboxylic acids is 1. The van der Waals surface area contributed by atoms with Crippen LogP contribution in [0.2, 0.25) is 0 Å². The van der Waals surface area contributed by atoms with E-state index >= 15 is 0 Å². The summed E-state index contributed by atoms with van der Waals surface area (Å²) in [5.41, 5.74) is 2.00. The van der Waals surface area contributed by atoms with E-state index in [0.29, 0.717) is 17.7 Å². The lowest BCUT2D eigenvalue weighted by Gasteiger charge is -2.13. The SMILES string of the molecule is CN(C)CCNC(=O)C(=Cc1ccc(OC(F)F)cc1)c1ccccc1. The Hall–Kier alpha value is -2.73. The zero-order chi connectivity index (χ0) is 18.9. The van der Waals surface area contributed by atoms with E-state index in [9.17, 15) is 13.6 Å². The number of likely N-dealkylation sites (N-methyl/N-ethyl adjacent to an activating group) is 1. The number of benzene rings is 2. The molecule has 0 fully saturated rings. The molecule has 0 radical (unpaired) electrons. The molecular weight excluding hydrogens is 338 g/mol. The second-order valence-electron chi connectivity index (χ2n) is 5.93. The summed E-state index contributed by atoms with van der Waals surface area (Å²) in [6.45, 7) is -1.61. The molecule has 1 amide bonds. The van der Waals surface area contributed by atoms with Crippen molar-refractivity contribution in [1.29, 1.82) is 0 Å². The van der Waals surface area contributed by atoms with Gasteiger partial charge in [0.1, 0.15) is 5.75 Å². The van der Waals surface area contributed by atoms with Crippen LogP contribution in [0.25, 0.3) is 11.6 Å². The molecular formula is C20H22F2N2O2. The Morgan fingerprint density at radius 3 is 2.35 bits per heavy atom. The molecule has 0 aromatic heterocycles. The average Bonchev–Trinajstić information content (AvgIpc) is 2.61. The van der Waals surface area contributed by atoms with Crippen molar-refractivity contribution in [3.05, 3.63) is 65.7 Å². The highest BCUT2D eigenvalue weighted by Gasteiger charge is 2.12. The lowest BCUT2D eigenvalue weighted by molar-refractivity contribution is -0.115. The molecule has 0 saturated heterocycles. The summed E-state index contributed by atoms with van der Waals surface area (Å²) >= 11 is 0. The number of hydrogen-bond donors (Lipinski definition) is 1. The summed E-state index contributed by atoms with van der Waals surface area (Å²) in [6.07, 6.45) is 1.73. The summed E-state index contributed by atoms with van der Waals surface area (Å²) in [5, 5.41) is 2.90. The lowest BCUT2D eigenvalue weighted by Crippen LogP contribution is -2.31. The number of alkyl halides is 2. The molecule has 4 nitrogen and oxygen atoms in total.